The Balaban J connectivity index is 1.29. The third kappa shape index (κ3) is 4.59. The Bertz CT molecular complexity index is 1380. The molecule has 8 nitrogen and oxygen atoms in total. The van der Waals surface area contributed by atoms with Gasteiger partial charge in [0.1, 0.15) is 23.4 Å². The summed E-state index contributed by atoms with van der Waals surface area (Å²) < 4.78 is 40.2. The van der Waals surface area contributed by atoms with Crippen molar-refractivity contribution in [1.82, 2.24) is 9.44 Å². The highest BCUT2D eigenvalue weighted by atomic mass is 32.2. The summed E-state index contributed by atoms with van der Waals surface area (Å²) in [7, 11) is -3.83. The molecule has 3 aromatic rings. The SMILES string of the molecule is N#Cc1ccc(Oc2cccc3c2CC[C@H]3Oc2ccc(C3CC(=O)NS(=O)(=O)N3)cc2)cc1. The average molecular weight is 476 g/mol. The van der Waals surface area contributed by atoms with Crippen LogP contribution in [0.2, 0.25) is 0 Å². The van der Waals surface area contributed by atoms with E-state index in [9.17, 15) is 13.2 Å². The predicted octanol–water partition coefficient (Wildman–Crippen LogP) is 3.81. The van der Waals surface area contributed by atoms with Crippen LogP contribution in [0.25, 0.3) is 0 Å². The summed E-state index contributed by atoms with van der Waals surface area (Å²) in [6, 6.07) is 21.5. The van der Waals surface area contributed by atoms with Crippen LogP contribution in [0.15, 0.2) is 66.7 Å². The molecule has 1 fully saturated rings. The summed E-state index contributed by atoms with van der Waals surface area (Å²) in [5, 5.41) is 8.96. The molecule has 0 spiro atoms. The molecule has 0 aromatic heterocycles. The molecular weight excluding hydrogens is 454 g/mol. The van der Waals surface area contributed by atoms with E-state index in [0.717, 1.165) is 29.7 Å². The van der Waals surface area contributed by atoms with Crippen molar-refractivity contribution in [3.05, 3.63) is 89.0 Å². The van der Waals surface area contributed by atoms with Crippen LogP contribution in [0.1, 0.15) is 47.2 Å². The number of rotatable bonds is 5. The number of carbonyl (C=O) groups excluding carboxylic acids is 1. The molecule has 9 heteroatoms. The highest BCUT2D eigenvalue weighted by Gasteiger charge is 2.30. The summed E-state index contributed by atoms with van der Waals surface area (Å²) in [4.78, 5) is 11.7. The van der Waals surface area contributed by atoms with Crippen LogP contribution in [-0.4, -0.2) is 14.3 Å². The first-order chi connectivity index (χ1) is 16.4. The van der Waals surface area contributed by atoms with Crippen molar-refractivity contribution in [2.75, 3.05) is 0 Å². The molecule has 1 heterocycles. The minimum atomic E-state index is -3.83. The van der Waals surface area contributed by atoms with Gasteiger partial charge in [-0.2, -0.15) is 18.4 Å². The van der Waals surface area contributed by atoms with E-state index in [1.165, 1.54) is 0 Å². The summed E-state index contributed by atoms with van der Waals surface area (Å²) in [5.41, 5.74) is 3.42. The zero-order chi connectivity index (χ0) is 23.7. The van der Waals surface area contributed by atoms with E-state index in [4.69, 9.17) is 14.7 Å². The monoisotopic (exact) mass is 475 g/mol. The van der Waals surface area contributed by atoms with Gasteiger partial charge in [-0.05, 0) is 66.4 Å². The molecule has 2 aliphatic rings. The molecule has 0 bridgehead atoms. The second-order valence-corrected chi connectivity index (χ2v) is 9.63. The Labute approximate surface area is 197 Å². The maximum Gasteiger partial charge on any atom is 0.301 e. The van der Waals surface area contributed by atoms with Crippen LogP contribution < -0.4 is 18.9 Å². The first kappa shape index (κ1) is 21.9. The van der Waals surface area contributed by atoms with Gasteiger partial charge in [0.25, 0.3) is 0 Å². The first-order valence-electron chi connectivity index (χ1n) is 10.8. The van der Waals surface area contributed by atoms with Crippen molar-refractivity contribution in [2.45, 2.75) is 31.4 Å². The molecule has 172 valence electrons. The number of hydrogen-bond acceptors (Lipinski definition) is 6. The Hall–Kier alpha value is -3.87. The summed E-state index contributed by atoms with van der Waals surface area (Å²) in [5.74, 6) is 1.56. The van der Waals surface area contributed by atoms with E-state index >= 15 is 0 Å². The Kier molecular flexibility index (Phi) is 5.69. The van der Waals surface area contributed by atoms with Crippen molar-refractivity contribution in [1.29, 1.82) is 5.26 Å². The van der Waals surface area contributed by atoms with Gasteiger partial charge in [-0.15, -0.1) is 0 Å². The molecule has 1 aliphatic heterocycles. The lowest BCUT2D eigenvalue weighted by Gasteiger charge is -2.24. The van der Waals surface area contributed by atoms with Gasteiger partial charge in [0.15, 0.2) is 0 Å². The molecule has 2 N–H and O–H groups in total. The second kappa shape index (κ2) is 8.82. The number of ether oxygens (including phenoxy) is 2. The van der Waals surface area contributed by atoms with Gasteiger partial charge >= 0.3 is 10.2 Å². The largest absolute Gasteiger partial charge is 0.486 e. The molecule has 0 saturated carbocycles. The normalized spacial score (nSPS) is 20.6. The fraction of sp³-hybridized carbons (Fsp3) is 0.200. The van der Waals surface area contributed by atoms with Crippen LogP contribution >= 0.6 is 0 Å². The van der Waals surface area contributed by atoms with E-state index < -0.39 is 22.2 Å². The van der Waals surface area contributed by atoms with Gasteiger partial charge in [0.05, 0.1) is 17.7 Å². The highest BCUT2D eigenvalue weighted by molar-refractivity contribution is 7.88. The number of benzene rings is 3. The molecule has 1 unspecified atom stereocenters. The average Bonchev–Trinajstić information content (AvgIpc) is 3.22. The predicted molar refractivity (Wildman–Crippen MR) is 123 cm³/mol. The third-order valence-electron chi connectivity index (χ3n) is 5.88. The van der Waals surface area contributed by atoms with E-state index in [0.29, 0.717) is 22.6 Å². The number of amides is 1. The van der Waals surface area contributed by atoms with E-state index in [1.807, 2.05) is 22.9 Å². The number of hydrogen-bond donors (Lipinski definition) is 2. The van der Waals surface area contributed by atoms with Gasteiger partial charge in [-0.3, -0.25) is 4.79 Å². The fourth-order valence-corrected chi connectivity index (χ4v) is 5.33. The second-order valence-electron chi connectivity index (χ2n) is 8.18. The number of fused-ring (bicyclic) bond motifs is 1. The van der Waals surface area contributed by atoms with Gasteiger partial charge in [-0.1, -0.05) is 24.3 Å². The van der Waals surface area contributed by atoms with Crippen LogP contribution in [0, 0.1) is 11.3 Å². The van der Waals surface area contributed by atoms with Crippen LogP contribution in [0.4, 0.5) is 0 Å². The van der Waals surface area contributed by atoms with E-state index in [2.05, 4.69) is 10.8 Å². The van der Waals surface area contributed by atoms with Crippen LogP contribution in [-0.2, 0) is 21.4 Å². The number of nitrogens with one attached hydrogen (secondary N) is 2. The minimum absolute atomic E-state index is 0.0391. The van der Waals surface area contributed by atoms with Crippen molar-refractivity contribution >= 4 is 16.1 Å². The Morgan fingerprint density at radius 1 is 0.971 bits per heavy atom. The number of nitriles is 1. The van der Waals surface area contributed by atoms with Crippen molar-refractivity contribution in [3.8, 4) is 23.3 Å². The molecule has 1 amide bonds. The number of carbonyl (C=O) groups is 1. The number of nitrogens with zero attached hydrogens (tertiary/aromatic N) is 1. The molecule has 0 radical (unpaired) electrons. The molecule has 1 aliphatic carbocycles. The quantitative estimate of drug-likeness (QED) is 0.579. The third-order valence-corrected chi connectivity index (χ3v) is 6.97. The lowest BCUT2D eigenvalue weighted by molar-refractivity contribution is -0.120. The Morgan fingerprint density at radius 3 is 2.41 bits per heavy atom. The highest BCUT2D eigenvalue weighted by Crippen LogP contribution is 2.41. The van der Waals surface area contributed by atoms with Gasteiger partial charge in [-0.25, -0.2) is 4.72 Å². The molecule has 5 rings (SSSR count). The lowest BCUT2D eigenvalue weighted by atomic mass is 10.0. The van der Waals surface area contributed by atoms with Crippen molar-refractivity contribution in [3.63, 3.8) is 0 Å². The molecule has 1 saturated heterocycles. The van der Waals surface area contributed by atoms with Crippen LogP contribution in [0.5, 0.6) is 17.2 Å². The maximum atomic E-state index is 11.7. The molecule has 3 aromatic carbocycles. The van der Waals surface area contributed by atoms with Gasteiger partial charge in [0, 0.05) is 12.0 Å². The maximum absolute atomic E-state index is 11.7. The molecule has 34 heavy (non-hydrogen) atoms. The minimum Gasteiger partial charge on any atom is -0.486 e. The summed E-state index contributed by atoms with van der Waals surface area (Å²) in [6.45, 7) is 0. The standard InChI is InChI=1S/C25H21N3O5S/c26-15-16-4-8-18(9-5-16)32-23-3-1-2-20-21(23)12-13-24(20)33-19-10-6-17(7-11-19)22-14-25(29)28-34(30,31)27-22/h1-11,22,24,27H,12-14H2,(H,28,29)/t22?,24-/m1/s1. The topological polar surface area (TPSA) is 118 Å². The lowest BCUT2D eigenvalue weighted by Crippen LogP contribution is -2.48. The summed E-state index contributed by atoms with van der Waals surface area (Å²) >= 11 is 0. The van der Waals surface area contributed by atoms with Crippen molar-refractivity contribution < 1.29 is 22.7 Å². The fourth-order valence-electron chi connectivity index (χ4n) is 4.29. The summed E-state index contributed by atoms with van der Waals surface area (Å²) in [6.07, 6.45) is 1.51. The van der Waals surface area contributed by atoms with E-state index in [1.54, 1.807) is 48.5 Å². The van der Waals surface area contributed by atoms with E-state index in [-0.39, 0.29) is 12.5 Å². The van der Waals surface area contributed by atoms with Gasteiger partial charge in [0.2, 0.25) is 5.91 Å². The Morgan fingerprint density at radius 2 is 1.71 bits per heavy atom. The van der Waals surface area contributed by atoms with Crippen LogP contribution in [0.3, 0.4) is 0 Å². The smallest absolute Gasteiger partial charge is 0.301 e. The molecular formula is C25H21N3O5S. The zero-order valence-corrected chi connectivity index (χ0v) is 18.8. The van der Waals surface area contributed by atoms with Gasteiger partial charge < -0.3 is 9.47 Å². The first-order valence-corrected chi connectivity index (χ1v) is 12.3. The molecule has 2 atom stereocenters. The van der Waals surface area contributed by atoms with Crippen molar-refractivity contribution in [2.24, 2.45) is 0 Å². The zero-order valence-electron chi connectivity index (χ0n) is 18.0.